The summed E-state index contributed by atoms with van der Waals surface area (Å²) in [6.07, 6.45) is 1.08. The molecule has 7 heteroatoms. The molecule has 22 heavy (non-hydrogen) atoms. The van der Waals surface area contributed by atoms with Crippen LogP contribution in [-0.2, 0) is 10.0 Å². The van der Waals surface area contributed by atoms with Gasteiger partial charge in [-0.25, -0.2) is 13.2 Å². The van der Waals surface area contributed by atoms with E-state index in [1.165, 1.54) is 19.2 Å². The van der Waals surface area contributed by atoms with Gasteiger partial charge in [0, 0.05) is 11.3 Å². The number of hydrogen-bond acceptors (Lipinski definition) is 4. The van der Waals surface area contributed by atoms with Gasteiger partial charge in [-0.2, -0.15) is 0 Å². The number of anilines is 1. The first kappa shape index (κ1) is 15.8. The molecule has 0 aliphatic carbocycles. The molecule has 0 saturated carbocycles. The van der Waals surface area contributed by atoms with E-state index >= 15 is 0 Å². The second-order valence-corrected chi connectivity index (χ2v) is 6.42. The molecule has 2 aromatic carbocycles. The molecular formula is C15H15NO5S. The molecule has 116 valence electrons. The molecule has 0 atom stereocenters. The number of ether oxygens (including phenoxy) is 1. The Morgan fingerprint density at radius 1 is 1.14 bits per heavy atom. The topological polar surface area (TPSA) is 92.7 Å². The van der Waals surface area contributed by atoms with E-state index in [0.717, 1.165) is 17.4 Å². The summed E-state index contributed by atoms with van der Waals surface area (Å²) >= 11 is 0. The van der Waals surface area contributed by atoms with Crippen LogP contribution in [0.25, 0.3) is 11.1 Å². The fraction of sp³-hybridized carbons (Fsp3) is 0.133. The van der Waals surface area contributed by atoms with E-state index in [1.54, 1.807) is 30.3 Å². The smallest absolute Gasteiger partial charge is 0.335 e. The molecule has 2 aromatic rings. The second kappa shape index (κ2) is 6.07. The minimum atomic E-state index is -3.32. The largest absolute Gasteiger partial charge is 0.496 e. The Hall–Kier alpha value is -2.54. The van der Waals surface area contributed by atoms with E-state index in [2.05, 4.69) is 4.72 Å². The summed E-state index contributed by atoms with van der Waals surface area (Å²) in [6, 6.07) is 11.3. The van der Waals surface area contributed by atoms with Crippen LogP contribution in [0.5, 0.6) is 5.75 Å². The molecule has 0 aromatic heterocycles. The molecular weight excluding hydrogens is 306 g/mol. The maximum absolute atomic E-state index is 11.2. The van der Waals surface area contributed by atoms with Crippen LogP contribution in [0.15, 0.2) is 42.5 Å². The summed E-state index contributed by atoms with van der Waals surface area (Å²) in [5.41, 5.74) is 2.09. The van der Waals surface area contributed by atoms with Crippen LogP contribution in [0.3, 0.4) is 0 Å². The zero-order valence-electron chi connectivity index (χ0n) is 12.0. The van der Waals surface area contributed by atoms with E-state index in [0.29, 0.717) is 11.4 Å². The number of rotatable bonds is 5. The zero-order valence-corrected chi connectivity index (χ0v) is 12.8. The van der Waals surface area contributed by atoms with Crippen molar-refractivity contribution in [1.82, 2.24) is 0 Å². The average Bonchev–Trinajstić information content (AvgIpc) is 2.45. The molecule has 0 spiro atoms. The summed E-state index contributed by atoms with van der Waals surface area (Å²) in [5, 5.41) is 8.99. The lowest BCUT2D eigenvalue weighted by molar-refractivity contribution is 0.0696. The van der Waals surface area contributed by atoms with Crippen molar-refractivity contribution in [3.8, 4) is 16.9 Å². The Bertz CT molecular complexity index is 797. The average molecular weight is 321 g/mol. The number of carboxylic acids is 1. The summed E-state index contributed by atoms with van der Waals surface area (Å²) in [5.74, 6) is -0.596. The monoisotopic (exact) mass is 321 g/mol. The van der Waals surface area contributed by atoms with Gasteiger partial charge in [-0.05, 0) is 35.9 Å². The van der Waals surface area contributed by atoms with Crippen molar-refractivity contribution in [1.29, 1.82) is 0 Å². The number of benzene rings is 2. The van der Waals surface area contributed by atoms with Gasteiger partial charge in [0.15, 0.2) is 0 Å². The van der Waals surface area contributed by atoms with Crippen LogP contribution in [0, 0.1) is 0 Å². The predicted molar refractivity (Wildman–Crippen MR) is 83.9 cm³/mol. The van der Waals surface area contributed by atoms with Gasteiger partial charge < -0.3 is 9.84 Å². The summed E-state index contributed by atoms with van der Waals surface area (Å²) in [4.78, 5) is 11.0. The molecule has 0 aliphatic rings. The highest BCUT2D eigenvalue weighted by atomic mass is 32.2. The van der Waals surface area contributed by atoms with Gasteiger partial charge in [0.2, 0.25) is 10.0 Å². The van der Waals surface area contributed by atoms with Gasteiger partial charge in [0.1, 0.15) is 5.75 Å². The molecule has 0 bridgehead atoms. The third kappa shape index (κ3) is 3.76. The molecule has 0 heterocycles. The van der Waals surface area contributed by atoms with Crippen molar-refractivity contribution < 1.29 is 23.1 Å². The van der Waals surface area contributed by atoms with Crippen LogP contribution in [0.4, 0.5) is 5.69 Å². The fourth-order valence-corrected chi connectivity index (χ4v) is 2.56. The standard InChI is InChI=1S/C15H15NO5S/c1-21-14-9-11(15(17)18)5-8-13(14)10-3-6-12(7-4-10)16-22(2,19)20/h3-9,16H,1-2H3,(H,17,18). The van der Waals surface area contributed by atoms with Crippen LogP contribution in [-0.4, -0.2) is 32.9 Å². The van der Waals surface area contributed by atoms with E-state index < -0.39 is 16.0 Å². The summed E-state index contributed by atoms with van der Waals surface area (Å²) in [6.45, 7) is 0. The molecule has 0 radical (unpaired) electrons. The van der Waals surface area contributed by atoms with Gasteiger partial charge in [0.25, 0.3) is 0 Å². The van der Waals surface area contributed by atoms with Gasteiger partial charge in [-0.15, -0.1) is 0 Å². The second-order valence-electron chi connectivity index (χ2n) is 4.67. The summed E-state index contributed by atoms with van der Waals surface area (Å²) < 4.78 is 29.9. The van der Waals surface area contributed by atoms with Crippen LogP contribution >= 0.6 is 0 Å². The van der Waals surface area contributed by atoms with E-state index in [1.807, 2.05) is 0 Å². The zero-order chi connectivity index (χ0) is 16.3. The van der Waals surface area contributed by atoms with Gasteiger partial charge in [-0.1, -0.05) is 12.1 Å². The predicted octanol–water partition coefficient (Wildman–Crippen LogP) is 2.43. The highest BCUT2D eigenvalue weighted by Crippen LogP contribution is 2.31. The lowest BCUT2D eigenvalue weighted by atomic mass is 10.0. The van der Waals surface area contributed by atoms with Crippen LogP contribution in [0.1, 0.15) is 10.4 Å². The lowest BCUT2D eigenvalue weighted by Crippen LogP contribution is -2.09. The van der Waals surface area contributed by atoms with E-state index in [9.17, 15) is 13.2 Å². The molecule has 6 nitrogen and oxygen atoms in total. The maximum Gasteiger partial charge on any atom is 0.335 e. The highest BCUT2D eigenvalue weighted by molar-refractivity contribution is 7.92. The van der Waals surface area contributed by atoms with Crippen molar-refractivity contribution in [2.45, 2.75) is 0 Å². The minimum absolute atomic E-state index is 0.135. The Kier molecular flexibility index (Phi) is 4.37. The number of methoxy groups -OCH3 is 1. The number of nitrogens with one attached hydrogen (secondary N) is 1. The number of aromatic carboxylic acids is 1. The normalized spacial score (nSPS) is 11.0. The Morgan fingerprint density at radius 2 is 1.77 bits per heavy atom. The summed E-state index contributed by atoms with van der Waals surface area (Å²) in [7, 11) is -1.86. The van der Waals surface area contributed by atoms with Crippen LogP contribution in [0.2, 0.25) is 0 Å². The van der Waals surface area contributed by atoms with Crippen molar-refractivity contribution in [2.24, 2.45) is 0 Å². The quantitative estimate of drug-likeness (QED) is 0.882. The number of carbonyl (C=O) groups is 1. The number of carboxylic acid groups (broad SMARTS) is 1. The highest BCUT2D eigenvalue weighted by Gasteiger charge is 2.11. The van der Waals surface area contributed by atoms with Gasteiger partial charge in [-0.3, -0.25) is 4.72 Å². The molecule has 2 N–H and O–H groups in total. The fourth-order valence-electron chi connectivity index (χ4n) is 1.99. The van der Waals surface area contributed by atoms with Crippen molar-refractivity contribution in [3.05, 3.63) is 48.0 Å². The molecule has 0 fully saturated rings. The van der Waals surface area contributed by atoms with E-state index in [-0.39, 0.29) is 5.56 Å². The molecule has 0 saturated heterocycles. The third-order valence-corrected chi connectivity index (χ3v) is 3.55. The third-order valence-electron chi connectivity index (χ3n) is 2.95. The first-order valence-electron chi connectivity index (χ1n) is 6.30. The van der Waals surface area contributed by atoms with E-state index in [4.69, 9.17) is 9.84 Å². The number of hydrogen-bond donors (Lipinski definition) is 2. The SMILES string of the molecule is COc1cc(C(=O)O)ccc1-c1ccc(NS(C)(=O)=O)cc1. The number of sulfonamides is 1. The molecule has 0 amide bonds. The van der Waals surface area contributed by atoms with Crippen molar-refractivity contribution in [2.75, 3.05) is 18.1 Å². The first-order chi connectivity index (χ1) is 10.3. The van der Waals surface area contributed by atoms with Crippen LogP contribution < -0.4 is 9.46 Å². The molecule has 0 unspecified atom stereocenters. The lowest BCUT2D eigenvalue weighted by Gasteiger charge is -2.10. The maximum atomic E-state index is 11.2. The Morgan fingerprint density at radius 3 is 2.27 bits per heavy atom. The Labute approximate surface area is 128 Å². The van der Waals surface area contributed by atoms with Crippen molar-refractivity contribution >= 4 is 21.7 Å². The first-order valence-corrected chi connectivity index (χ1v) is 8.19. The molecule has 0 aliphatic heterocycles. The Balaban J connectivity index is 2.37. The van der Waals surface area contributed by atoms with Gasteiger partial charge >= 0.3 is 5.97 Å². The van der Waals surface area contributed by atoms with Crippen molar-refractivity contribution in [3.63, 3.8) is 0 Å². The minimum Gasteiger partial charge on any atom is -0.496 e. The molecule has 2 rings (SSSR count). The van der Waals surface area contributed by atoms with Gasteiger partial charge in [0.05, 0.1) is 18.9 Å².